The molecule has 0 rings (SSSR count). The van der Waals surface area contributed by atoms with E-state index in [-0.39, 0.29) is 72.3 Å². The summed E-state index contributed by atoms with van der Waals surface area (Å²) in [4.78, 5) is 0. The molecule has 0 aliphatic heterocycles. The molecule has 0 aliphatic rings. The number of hydrogen-bond acceptors (Lipinski definition) is 0. The van der Waals surface area contributed by atoms with E-state index in [4.69, 9.17) is 0 Å². The maximum atomic E-state index is 0. The van der Waals surface area contributed by atoms with Gasteiger partial charge in [0.2, 0.25) is 0 Å². The van der Waals surface area contributed by atoms with Gasteiger partial charge in [-0.2, -0.15) is 0 Å². The van der Waals surface area contributed by atoms with Gasteiger partial charge < -0.3 is 0 Å². The molecule has 0 aromatic heterocycles. The average molecular weight is 347 g/mol. The van der Waals surface area contributed by atoms with Crippen molar-refractivity contribution in [1.29, 1.82) is 0 Å². The van der Waals surface area contributed by atoms with Gasteiger partial charge >= 0.3 is 0 Å². The second-order valence-electron chi connectivity index (χ2n) is 0. The standard InChI is InChI=1S/B.Cu.Pb.Zn. The average Bonchev–Trinajstić information content (AvgIpc) is 0. The first-order chi connectivity index (χ1) is 0. The largest absolute Gasteiger partial charge is 0 e. The Morgan fingerprint density at radius 1 is 1.00 bits per heavy atom. The molecule has 0 saturated carbocycles. The molecule has 0 heterocycles. The molecule has 0 aromatic rings. The molecular weight excluding hydrogens is 347 g/mol. The molecule has 4 heteroatoms. The topological polar surface area (TPSA) is 0 Å². The van der Waals surface area contributed by atoms with E-state index in [1.54, 1.807) is 0 Å². The molecule has 4 heavy (non-hydrogen) atoms. The van der Waals surface area contributed by atoms with Crippen molar-refractivity contribution in [2.24, 2.45) is 0 Å². The minimum Gasteiger partial charge on any atom is 0 e. The van der Waals surface area contributed by atoms with E-state index >= 15 is 0 Å². The van der Waals surface area contributed by atoms with Gasteiger partial charge in [0.25, 0.3) is 0 Å². The van der Waals surface area contributed by atoms with E-state index < -0.39 is 0 Å². The van der Waals surface area contributed by atoms with Crippen LogP contribution in [0.1, 0.15) is 0 Å². The SMILES string of the molecule is [B].[Cu].[Pb].[Zn]. The van der Waals surface area contributed by atoms with Gasteiger partial charge in [-0.25, -0.2) is 0 Å². The fourth-order valence-corrected chi connectivity index (χ4v) is 0. The maximum absolute atomic E-state index is 0. The van der Waals surface area contributed by atoms with E-state index in [0.717, 1.165) is 0 Å². The summed E-state index contributed by atoms with van der Waals surface area (Å²) in [5, 5.41) is 0. The second kappa shape index (κ2) is 19.3. The number of rotatable bonds is 0. The molecule has 8 radical (unpaired) electrons. The van der Waals surface area contributed by atoms with Crippen molar-refractivity contribution >= 4 is 35.7 Å². The molecule has 0 aromatic carbocycles. The Hall–Kier alpha value is 2.13. The van der Waals surface area contributed by atoms with Crippen molar-refractivity contribution in [1.82, 2.24) is 0 Å². The van der Waals surface area contributed by atoms with Gasteiger partial charge in [0.1, 0.15) is 0 Å². The van der Waals surface area contributed by atoms with Crippen molar-refractivity contribution in [3.63, 3.8) is 0 Å². The normalized spacial score (nSPS) is 0. The van der Waals surface area contributed by atoms with Crippen LogP contribution in [0.2, 0.25) is 0 Å². The van der Waals surface area contributed by atoms with E-state index in [0.29, 0.717) is 0 Å². The summed E-state index contributed by atoms with van der Waals surface area (Å²) < 4.78 is 0. The Labute approximate surface area is 71.5 Å². The zero-order valence-electron chi connectivity index (χ0n) is 2.09. The third-order valence-corrected chi connectivity index (χ3v) is 0. The third-order valence-electron chi connectivity index (χ3n) is 0. The van der Waals surface area contributed by atoms with Crippen LogP contribution in [-0.2, 0) is 36.5 Å². The molecule has 0 bridgehead atoms. The van der Waals surface area contributed by atoms with E-state index in [1.807, 2.05) is 0 Å². The van der Waals surface area contributed by atoms with Gasteiger partial charge in [0.15, 0.2) is 0 Å². The van der Waals surface area contributed by atoms with Crippen LogP contribution < -0.4 is 0 Å². The van der Waals surface area contributed by atoms with Crippen molar-refractivity contribution in [2.45, 2.75) is 0 Å². The summed E-state index contributed by atoms with van der Waals surface area (Å²) in [5.74, 6) is 0. The monoisotopic (exact) mass is 346 g/mol. The molecule has 0 atom stereocenters. The quantitative estimate of drug-likeness (QED) is 0.506. The first kappa shape index (κ1) is 35.6. The first-order valence-corrected chi connectivity index (χ1v) is 0. The fraction of sp³-hybridized carbons (Fsp3) is 0. The van der Waals surface area contributed by atoms with Crippen molar-refractivity contribution in [3.05, 3.63) is 0 Å². The van der Waals surface area contributed by atoms with Gasteiger partial charge in [-0.1, -0.05) is 0 Å². The van der Waals surface area contributed by atoms with Crippen LogP contribution in [0.3, 0.4) is 0 Å². The van der Waals surface area contributed by atoms with Crippen LogP contribution in [0.25, 0.3) is 0 Å². The molecule has 0 fully saturated rings. The fourth-order valence-electron chi connectivity index (χ4n) is 0. The van der Waals surface area contributed by atoms with E-state index in [2.05, 4.69) is 0 Å². The summed E-state index contributed by atoms with van der Waals surface area (Å²) in [5.41, 5.74) is 0. The zero-order valence-corrected chi connectivity index (χ0v) is 9.88. The molecular formula is BCuPbZn. The van der Waals surface area contributed by atoms with Crippen LogP contribution in [0.4, 0.5) is 0 Å². The molecule has 0 saturated heterocycles. The Balaban J connectivity index is 0. The number of hydrogen-bond donors (Lipinski definition) is 0. The molecule has 0 amide bonds. The summed E-state index contributed by atoms with van der Waals surface area (Å²) in [7, 11) is 0. The van der Waals surface area contributed by atoms with Crippen molar-refractivity contribution in [2.75, 3.05) is 0 Å². The van der Waals surface area contributed by atoms with Gasteiger partial charge in [-0.3, -0.25) is 0 Å². The molecule has 0 aliphatic carbocycles. The van der Waals surface area contributed by atoms with E-state index in [1.165, 1.54) is 0 Å². The zero-order chi connectivity index (χ0) is 0. The maximum Gasteiger partial charge on any atom is 0 e. The predicted octanol–water partition coefficient (Wildman–Crippen LogP) is -0.767. The van der Waals surface area contributed by atoms with Crippen LogP contribution in [0, 0.1) is 0 Å². The molecule has 0 unspecified atom stereocenters. The van der Waals surface area contributed by atoms with Gasteiger partial charge in [0, 0.05) is 72.3 Å². The third kappa shape index (κ3) is 8.92. The van der Waals surface area contributed by atoms with E-state index in [9.17, 15) is 0 Å². The summed E-state index contributed by atoms with van der Waals surface area (Å²) in [6, 6.07) is 0. The molecule has 0 nitrogen and oxygen atoms in total. The Kier molecular flexibility index (Phi) is 171. The summed E-state index contributed by atoms with van der Waals surface area (Å²) in [6.07, 6.45) is 0. The molecule has 0 N–H and O–H groups in total. The summed E-state index contributed by atoms with van der Waals surface area (Å²) in [6.45, 7) is 0. The second-order valence-corrected chi connectivity index (χ2v) is 0. The minimum atomic E-state index is 0. The first-order valence-electron chi connectivity index (χ1n) is 0. The van der Waals surface area contributed by atoms with Crippen LogP contribution in [-0.4, -0.2) is 35.7 Å². The van der Waals surface area contributed by atoms with Crippen molar-refractivity contribution in [3.8, 4) is 0 Å². The Morgan fingerprint density at radius 3 is 1.00 bits per heavy atom. The Morgan fingerprint density at radius 2 is 1.00 bits per heavy atom. The predicted molar refractivity (Wildman–Crippen MR) is 11.5 cm³/mol. The van der Waals surface area contributed by atoms with Crippen LogP contribution in [0.15, 0.2) is 0 Å². The summed E-state index contributed by atoms with van der Waals surface area (Å²) >= 11 is 0. The van der Waals surface area contributed by atoms with Crippen molar-refractivity contribution < 1.29 is 36.5 Å². The minimum absolute atomic E-state index is 0. The van der Waals surface area contributed by atoms with Gasteiger partial charge in [0.05, 0.1) is 0 Å². The van der Waals surface area contributed by atoms with Crippen LogP contribution >= 0.6 is 0 Å². The smallest absolute Gasteiger partial charge is 0 e. The van der Waals surface area contributed by atoms with Crippen LogP contribution in [0.5, 0.6) is 0 Å². The molecule has 0 spiro atoms. The van der Waals surface area contributed by atoms with Gasteiger partial charge in [-0.05, 0) is 0 Å². The Bertz CT molecular complexity index is 8.00. The molecule has 20 valence electrons. The van der Waals surface area contributed by atoms with Gasteiger partial charge in [-0.15, -0.1) is 0 Å².